The van der Waals surface area contributed by atoms with Crippen molar-refractivity contribution < 1.29 is 4.39 Å². The van der Waals surface area contributed by atoms with Crippen LogP contribution in [0.1, 0.15) is 28.3 Å². The van der Waals surface area contributed by atoms with Crippen LogP contribution in [0.15, 0.2) is 36.4 Å². The number of likely N-dealkylation sites (N-methyl/N-ethyl adjacent to an activating group) is 1. The van der Waals surface area contributed by atoms with Gasteiger partial charge in [-0.25, -0.2) is 4.39 Å². The van der Waals surface area contributed by atoms with E-state index in [1.165, 1.54) is 11.1 Å². The van der Waals surface area contributed by atoms with E-state index in [9.17, 15) is 4.39 Å². The number of hydrogen-bond acceptors (Lipinski definition) is 2. The summed E-state index contributed by atoms with van der Waals surface area (Å²) in [6.07, 6.45) is 0. The van der Waals surface area contributed by atoms with Gasteiger partial charge in [-0.3, -0.25) is 0 Å². The van der Waals surface area contributed by atoms with E-state index in [2.05, 4.69) is 36.9 Å². The molecule has 0 saturated heterocycles. The molecule has 1 unspecified atom stereocenters. The van der Waals surface area contributed by atoms with Gasteiger partial charge >= 0.3 is 0 Å². The van der Waals surface area contributed by atoms with E-state index in [-0.39, 0.29) is 11.9 Å². The van der Waals surface area contributed by atoms with Crippen molar-refractivity contribution in [1.29, 1.82) is 0 Å². The number of benzene rings is 2. The lowest BCUT2D eigenvalue weighted by molar-refractivity contribution is 0.607. The first-order valence-corrected chi connectivity index (χ1v) is 7.19. The van der Waals surface area contributed by atoms with Gasteiger partial charge in [0.05, 0.1) is 6.04 Å². The summed E-state index contributed by atoms with van der Waals surface area (Å²) in [6, 6.07) is 11.7. The fourth-order valence-electron chi connectivity index (χ4n) is 2.67. The number of anilines is 1. The predicted molar refractivity (Wildman–Crippen MR) is 87.3 cm³/mol. The summed E-state index contributed by atoms with van der Waals surface area (Å²) in [5.74, 6) is -0.181. The summed E-state index contributed by atoms with van der Waals surface area (Å²) in [5, 5.41) is 0. The molecule has 2 nitrogen and oxygen atoms in total. The smallest absolute Gasteiger partial charge is 0.126 e. The Morgan fingerprint density at radius 2 is 1.67 bits per heavy atom. The zero-order valence-electron chi connectivity index (χ0n) is 13.2. The molecule has 1 atom stereocenters. The molecule has 0 amide bonds. The van der Waals surface area contributed by atoms with Crippen LogP contribution in [0.5, 0.6) is 0 Å². The van der Waals surface area contributed by atoms with Crippen LogP contribution >= 0.6 is 0 Å². The number of hydrogen-bond donors (Lipinski definition) is 1. The van der Waals surface area contributed by atoms with Crippen LogP contribution < -0.4 is 10.6 Å². The molecule has 21 heavy (non-hydrogen) atoms. The van der Waals surface area contributed by atoms with Gasteiger partial charge in [-0.15, -0.1) is 0 Å². The Balaban J connectivity index is 2.37. The van der Waals surface area contributed by atoms with Crippen molar-refractivity contribution in [3.05, 3.63) is 64.5 Å². The minimum atomic E-state index is -0.181. The van der Waals surface area contributed by atoms with Gasteiger partial charge in [0, 0.05) is 19.3 Å². The third-order valence-electron chi connectivity index (χ3n) is 3.89. The van der Waals surface area contributed by atoms with Crippen LogP contribution in [0, 0.1) is 26.6 Å². The van der Waals surface area contributed by atoms with Crippen molar-refractivity contribution >= 4 is 5.69 Å². The fraction of sp³-hybridized carbons (Fsp3) is 0.333. The molecule has 0 aliphatic carbocycles. The van der Waals surface area contributed by atoms with Crippen LogP contribution in [-0.2, 0) is 0 Å². The van der Waals surface area contributed by atoms with Gasteiger partial charge in [0.25, 0.3) is 0 Å². The fourth-order valence-corrected chi connectivity index (χ4v) is 2.67. The summed E-state index contributed by atoms with van der Waals surface area (Å²) in [6.45, 7) is 6.36. The molecule has 2 aromatic carbocycles. The molecule has 0 bridgehead atoms. The molecule has 0 fully saturated rings. The summed E-state index contributed by atoms with van der Waals surface area (Å²) in [5.41, 5.74) is 11.0. The SMILES string of the molecule is Cc1cc(C)cc(N(C)C(CN)c2ccc(C)c(F)c2)c1. The molecular weight excluding hydrogens is 263 g/mol. The number of aryl methyl sites for hydroxylation is 3. The quantitative estimate of drug-likeness (QED) is 0.924. The average Bonchev–Trinajstić information content (AvgIpc) is 2.42. The molecule has 3 heteroatoms. The molecule has 112 valence electrons. The van der Waals surface area contributed by atoms with Crippen molar-refractivity contribution in [1.82, 2.24) is 0 Å². The molecular formula is C18H23FN2. The van der Waals surface area contributed by atoms with Crippen molar-refractivity contribution in [3.63, 3.8) is 0 Å². The second-order valence-corrected chi connectivity index (χ2v) is 5.72. The minimum Gasteiger partial charge on any atom is -0.366 e. The first-order chi connectivity index (χ1) is 9.92. The van der Waals surface area contributed by atoms with Gasteiger partial charge in [-0.1, -0.05) is 18.2 Å². The van der Waals surface area contributed by atoms with Crippen molar-refractivity contribution in [2.75, 3.05) is 18.5 Å². The third kappa shape index (κ3) is 3.42. The molecule has 0 radical (unpaired) electrons. The lowest BCUT2D eigenvalue weighted by Gasteiger charge is -2.30. The summed E-state index contributed by atoms with van der Waals surface area (Å²) >= 11 is 0. The Morgan fingerprint density at radius 3 is 2.19 bits per heavy atom. The highest BCUT2D eigenvalue weighted by molar-refractivity contribution is 5.52. The molecule has 0 aliphatic heterocycles. The molecule has 0 spiro atoms. The topological polar surface area (TPSA) is 29.3 Å². The maximum atomic E-state index is 13.8. The van der Waals surface area contributed by atoms with E-state index in [4.69, 9.17) is 5.73 Å². The lowest BCUT2D eigenvalue weighted by atomic mass is 10.0. The zero-order chi connectivity index (χ0) is 15.6. The maximum absolute atomic E-state index is 13.8. The van der Waals surface area contributed by atoms with Crippen LogP contribution in [0.3, 0.4) is 0 Å². The van der Waals surface area contributed by atoms with E-state index < -0.39 is 0 Å². The van der Waals surface area contributed by atoms with Crippen LogP contribution in [0.2, 0.25) is 0 Å². The maximum Gasteiger partial charge on any atom is 0.126 e. The number of halogens is 1. The van der Waals surface area contributed by atoms with E-state index in [1.54, 1.807) is 13.0 Å². The zero-order valence-corrected chi connectivity index (χ0v) is 13.2. The Kier molecular flexibility index (Phi) is 4.63. The van der Waals surface area contributed by atoms with Gasteiger partial charge in [0.1, 0.15) is 5.82 Å². The number of nitrogens with zero attached hydrogens (tertiary/aromatic N) is 1. The molecule has 2 aromatic rings. The lowest BCUT2D eigenvalue weighted by Crippen LogP contribution is -2.30. The van der Waals surface area contributed by atoms with E-state index >= 15 is 0 Å². The first kappa shape index (κ1) is 15.5. The van der Waals surface area contributed by atoms with E-state index in [0.717, 1.165) is 11.3 Å². The highest BCUT2D eigenvalue weighted by atomic mass is 19.1. The summed E-state index contributed by atoms with van der Waals surface area (Å²) in [7, 11) is 2.00. The highest BCUT2D eigenvalue weighted by Gasteiger charge is 2.17. The van der Waals surface area contributed by atoms with Crippen molar-refractivity contribution in [2.45, 2.75) is 26.8 Å². The number of rotatable bonds is 4. The van der Waals surface area contributed by atoms with Gasteiger partial charge in [0.15, 0.2) is 0 Å². The molecule has 0 aliphatic rings. The van der Waals surface area contributed by atoms with Crippen LogP contribution in [0.4, 0.5) is 10.1 Å². The Labute approximate surface area is 126 Å². The second kappa shape index (κ2) is 6.27. The average molecular weight is 286 g/mol. The third-order valence-corrected chi connectivity index (χ3v) is 3.89. The summed E-state index contributed by atoms with van der Waals surface area (Å²) in [4.78, 5) is 2.12. The number of nitrogens with two attached hydrogens (primary N) is 1. The Morgan fingerprint density at radius 1 is 1.05 bits per heavy atom. The van der Waals surface area contributed by atoms with Gasteiger partial charge in [-0.2, -0.15) is 0 Å². The normalized spacial score (nSPS) is 12.3. The van der Waals surface area contributed by atoms with E-state index in [1.807, 2.05) is 19.2 Å². The molecule has 2 N–H and O–H groups in total. The first-order valence-electron chi connectivity index (χ1n) is 7.19. The predicted octanol–water partition coefficient (Wildman–Crippen LogP) is 3.89. The standard InChI is InChI=1S/C18H23FN2/c1-12-7-13(2)9-16(8-12)21(4)18(11-20)15-6-5-14(3)17(19)10-15/h5-10,18H,11,20H2,1-4H3. The van der Waals surface area contributed by atoms with Gasteiger partial charge in [0.2, 0.25) is 0 Å². The Hall–Kier alpha value is -1.87. The highest BCUT2D eigenvalue weighted by Crippen LogP contribution is 2.27. The molecule has 0 heterocycles. The molecule has 2 rings (SSSR count). The van der Waals surface area contributed by atoms with Crippen LogP contribution in [0.25, 0.3) is 0 Å². The van der Waals surface area contributed by atoms with Crippen molar-refractivity contribution in [2.24, 2.45) is 5.73 Å². The molecule has 0 saturated carbocycles. The second-order valence-electron chi connectivity index (χ2n) is 5.72. The van der Waals surface area contributed by atoms with Crippen LogP contribution in [-0.4, -0.2) is 13.6 Å². The van der Waals surface area contributed by atoms with Crippen molar-refractivity contribution in [3.8, 4) is 0 Å². The summed E-state index contributed by atoms with van der Waals surface area (Å²) < 4.78 is 13.8. The monoisotopic (exact) mass is 286 g/mol. The van der Waals surface area contributed by atoms with E-state index in [0.29, 0.717) is 12.1 Å². The molecule has 0 aromatic heterocycles. The van der Waals surface area contributed by atoms with Gasteiger partial charge in [-0.05, 0) is 61.2 Å². The Bertz CT molecular complexity index is 617. The minimum absolute atomic E-state index is 0.0405. The largest absolute Gasteiger partial charge is 0.366 e. The van der Waals surface area contributed by atoms with Gasteiger partial charge < -0.3 is 10.6 Å².